The molecule has 1 aromatic carbocycles. The quantitative estimate of drug-likeness (QED) is 0.680. The van der Waals surface area contributed by atoms with Crippen molar-refractivity contribution >= 4 is 23.3 Å². The SMILES string of the molecule is CCc1ccc(-c2nc(CN3C(=O)NC(C)(c4ccco4)C3=O)cs2)cc1. The summed E-state index contributed by atoms with van der Waals surface area (Å²) in [6.45, 7) is 3.89. The van der Waals surface area contributed by atoms with Crippen molar-refractivity contribution in [1.29, 1.82) is 0 Å². The highest BCUT2D eigenvalue weighted by molar-refractivity contribution is 7.13. The van der Waals surface area contributed by atoms with E-state index in [0.717, 1.165) is 17.0 Å². The standard InChI is InChI=1S/C20H19N3O3S/c1-3-13-6-8-14(9-7-13)17-21-15(12-27-17)11-23-18(24)20(2,22-19(23)25)16-5-4-10-26-16/h4-10,12H,3,11H2,1-2H3,(H,22,25). The van der Waals surface area contributed by atoms with Gasteiger partial charge in [0.05, 0.1) is 18.5 Å². The number of nitrogens with one attached hydrogen (secondary N) is 1. The number of carbonyl (C=O) groups is 2. The fraction of sp³-hybridized carbons (Fsp3) is 0.250. The molecule has 2 aromatic heterocycles. The van der Waals surface area contributed by atoms with Gasteiger partial charge in [0, 0.05) is 10.9 Å². The number of urea groups is 1. The van der Waals surface area contributed by atoms with E-state index in [-0.39, 0.29) is 12.5 Å². The lowest BCUT2D eigenvalue weighted by Gasteiger charge is -2.18. The zero-order valence-electron chi connectivity index (χ0n) is 15.1. The minimum absolute atomic E-state index is 0.129. The van der Waals surface area contributed by atoms with Crippen LogP contribution < -0.4 is 5.32 Å². The van der Waals surface area contributed by atoms with Crippen LogP contribution in [-0.2, 0) is 23.3 Å². The summed E-state index contributed by atoms with van der Waals surface area (Å²) in [4.78, 5) is 31.0. The molecule has 0 saturated carbocycles. The van der Waals surface area contributed by atoms with Crippen molar-refractivity contribution in [3.63, 3.8) is 0 Å². The molecule has 1 aliphatic heterocycles. The van der Waals surface area contributed by atoms with Crippen molar-refractivity contribution in [3.8, 4) is 10.6 Å². The van der Waals surface area contributed by atoms with Gasteiger partial charge in [0.25, 0.3) is 5.91 Å². The van der Waals surface area contributed by atoms with Crippen LogP contribution in [0.15, 0.2) is 52.5 Å². The lowest BCUT2D eigenvalue weighted by molar-refractivity contribution is -0.132. The topological polar surface area (TPSA) is 75.4 Å². The van der Waals surface area contributed by atoms with Crippen LogP contribution in [0.25, 0.3) is 10.6 Å². The summed E-state index contributed by atoms with van der Waals surface area (Å²) < 4.78 is 5.34. The minimum Gasteiger partial charge on any atom is -0.466 e. The second kappa shape index (κ2) is 6.66. The highest BCUT2D eigenvalue weighted by Crippen LogP contribution is 2.31. The first-order valence-corrected chi connectivity index (χ1v) is 9.61. The minimum atomic E-state index is -1.19. The summed E-state index contributed by atoms with van der Waals surface area (Å²) in [6, 6.07) is 11.2. The second-order valence-electron chi connectivity index (χ2n) is 6.62. The average Bonchev–Trinajstić information content (AvgIpc) is 3.41. The Bertz CT molecular complexity index is 978. The Hall–Kier alpha value is -2.93. The number of hydrogen-bond donors (Lipinski definition) is 1. The molecule has 1 fully saturated rings. The summed E-state index contributed by atoms with van der Waals surface area (Å²) in [6.07, 6.45) is 2.48. The second-order valence-corrected chi connectivity index (χ2v) is 7.48. The summed E-state index contributed by atoms with van der Waals surface area (Å²) in [5.41, 5.74) is 1.80. The van der Waals surface area contributed by atoms with Crippen LogP contribution in [0.4, 0.5) is 4.79 Å². The molecule has 0 radical (unpaired) electrons. The lowest BCUT2D eigenvalue weighted by atomic mass is 9.99. The Labute approximate surface area is 160 Å². The molecule has 0 bridgehead atoms. The van der Waals surface area contributed by atoms with Gasteiger partial charge in [-0.2, -0.15) is 0 Å². The van der Waals surface area contributed by atoms with Gasteiger partial charge in [-0.1, -0.05) is 31.2 Å². The molecule has 1 aliphatic rings. The van der Waals surface area contributed by atoms with Gasteiger partial charge in [0.15, 0.2) is 5.54 Å². The molecule has 0 aliphatic carbocycles. The predicted octanol–water partition coefficient (Wildman–Crippen LogP) is 3.93. The molecule has 1 saturated heterocycles. The largest absolute Gasteiger partial charge is 0.466 e. The number of nitrogens with zero attached hydrogens (tertiary/aromatic N) is 2. The van der Waals surface area contributed by atoms with Crippen molar-refractivity contribution in [2.75, 3.05) is 0 Å². The molecular formula is C20H19N3O3S. The van der Waals surface area contributed by atoms with Gasteiger partial charge in [0.1, 0.15) is 10.8 Å². The fourth-order valence-electron chi connectivity index (χ4n) is 3.13. The number of thiazole rings is 1. The van der Waals surface area contributed by atoms with Crippen LogP contribution in [0.1, 0.15) is 30.9 Å². The van der Waals surface area contributed by atoms with Crippen LogP contribution in [0, 0.1) is 0 Å². The number of rotatable bonds is 5. The van der Waals surface area contributed by atoms with Gasteiger partial charge in [-0.25, -0.2) is 9.78 Å². The number of aryl methyl sites for hydroxylation is 1. The molecule has 3 amide bonds. The molecule has 27 heavy (non-hydrogen) atoms. The van der Waals surface area contributed by atoms with E-state index in [2.05, 4.69) is 29.4 Å². The number of imide groups is 1. The van der Waals surface area contributed by atoms with Crippen LogP contribution in [0.2, 0.25) is 0 Å². The van der Waals surface area contributed by atoms with Crippen LogP contribution in [0.3, 0.4) is 0 Å². The third kappa shape index (κ3) is 3.04. The van der Waals surface area contributed by atoms with Gasteiger partial charge in [-0.05, 0) is 31.0 Å². The van der Waals surface area contributed by atoms with E-state index in [4.69, 9.17) is 4.42 Å². The molecule has 7 heteroatoms. The third-order valence-corrected chi connectivity index (χ3v) is 5.71. The van der Waals surface area contributed by atoms with Crippen molar-refractivity contribution in [2.24, 2.45) is 0 Å². The Morgan fingerprint density at radius 3 is 2.67 bits per heavy atom. The fourth-order valence-corrected chi connectivity index (χ4v) is 3.94. The monoisotopic (exact) mass is 381 g/mol. The zero-order chi connectivity index (χ0) is 19.0. The molecule has 3 heterocycles. The summed E-state index contributed by atoms with van der Waals surface area (Å²) in [7, 11) is 0. The molecule has 6 nitrogen and oxygen atoms in total. The van der Waals surface area contributed by atoms with Crippen molar-refractivity contribution in [2.45, 2.75) is 32.4 Å². The first-order valence-electron chi connectivity index (χ1n) is 8.73. The number of benzene rings is 1. The molecule has 1 N–H and O–H groups in total. The van der Waals surface area contributed by atoms with E-state index in [1.165, 1.54) is 28.1 Å². The average molecular weight is 381 g/mol. The maximum atomic E-state index is 12.8. The van der Waals surface area contributed by atoms with Crippen LogP contribution >= 0.6 is 11.3 Å². The number of hydrogen-bond acceptors (Lipinski definition) is 5. The van der Waals surface area contributed by atoms with E-state index in [0.29, 0.717) is 11.5 Å². The highest BCUT2D eigenvalue weighted by Gasteiger charge is 2.51. The summed E-state index contributed by atoms with van der Waals surface area (Å²) in [5, 5.41) is 5.47. The van der Waals surface area contributed by atoms with Gasteiger partial charge >= 0.3 is 6.03 Å². The zero-order valence-corrected chi connectivity index (χ0v) is 15.9. The highest BCUT2D eigenvalue weighted by atomic mass is 32.1. The molecule has 1 unspecified atom stereocenters. The van der Waals surface area contributed by atoms with Gasteiger partial charge in [-0.3, -0.25) is 9.69 Å². The van der Waals surface area contributed by atoms with E-state index >= 15 is 0 Å². The Balaban J connectivity index is 1.53. The number of carbonyl (C=O) groups excluding carboxylic acids is 2. The first kappa shape index (κ1) is 17.5. The molecular weight excluding hydrogens is 362 g/mol. The van der Waals surface area contributed by atoms with Gasteiger partial charge < -0.3 is 9.73 Å². The normalized spacial score (nSPS) is 19.6. The summed E-state index contributed by atoms with van der Waals surface area (Å²) >= 11 is 1.50. The van der Waals surface area contributed by atoms with Crippen LogP contribution in [-0.4, -0.2) is 21.8 Å². The van der Waals surface area contributed by atoms with Crippen molar-refractivity contribution in [1.82, 2.24) is 15.2 Å². The molecule has 3 aromatic rings. The molecule has 4 rings (SSSR count). The van der Waals surface area contributed by atoms with Crippen LogP contribution in [0.5, 0.6) is 0 Å². The van der Waals surface area contributed by atoms with Gasteiger partial charge in [0.2, 0.25) is 0 Å². The smallest absolute Gasteiger partial charge is 0.325 e. The molecule has 1 atom stereocenters. The van der Waals surface area contributed by atoms with E-state index < -0.39 is 11.6 Å². The lowest BCUT2D eigenvalue weighted by Crippen LogP contribution is -2.40. The Morgan fingerprint density at radius 1 is 1.22 bits per heavy atom. The maximum Gasteiger partial charge on any atom is 0.325 e. The van der Waals surface area contributed by atoms with Crippen molar-refractivity contribution < 1.29 is 14.0 Å². The first-order chi connectivity index (χ1) is 13.0. The van der Waals surface area contributed by atoms with E-state index in [9.17, 15) is 9.59 Å². The Morgan fingerprint density at radius 2 is 2.00 bits per heavy atom. The Kier molecular flexibility index (Phi) is 4.31. The van der Waals surface area contributed by atoms with E-state index in [1.807, 2.05) is 17.5 Å². The number of amides is 3. The van der Waals surface area contributed by atoms with Gasteiger partial charge in [-0.15, -0.1) is 11.3 Å². The number of aromatic nitrogens is 1. The number of furan rings is 1. The van der Waals surface area contributed by atoms with E-state index in [1.54, 1.807) is 19.1 Å². The third-order valence-electron chi connectivity index (χ3n) is 4.77. The van der Waals surface area contributed by atoms with Crippen molar-refractivity contribution in [3.05, 3.63) is 65.1 Å². The predicted molar refractivity (Wildman–Crippen MR) is 102 cm³/mol. The molecule has 138 valence electrons. The maximum absolute atomic E-state index is 12.8. The molecule has 0 spiro atoms. The summed E-state index contributed by atoms with van der Waals surface area (Å²) in [5.74, 6) is 0.0719.